The number of ether oxygens (including phenoxy) is 1. The van der Waals surface area contributed by atoms with Gasteiger partial charge in [0.2, 0.25) is 0 Å². The van der Waals surface area contributed by atoms with E-state index >= 15 is 0 Å². The Morgan fingerprint density at radius 2 is 2.06 bits per heavy atom. The molecule has 0 aliphatic heterocycles. The zero-order chi connectivity index (χ0) is 12.9. The summed E-state index contributed by atoms with van der Waals surface area (Å²) in [5.74, 6) is 0.363. The Morgan fingerprint density at radius 3 is 2.65 bits per heavy atom. The van der Waals surface area contributed by atoms with Crippen molar-refractivity contribution in [2.75, 3.05) is 26.0 Å². The van der Waals surface area contributed by atoms with Crippen LogP contribution < -0.4 is 5.32 Å². The van der Waals surface area contributed by atoms with E-state index in [0.717, 1.165) is 25.8 Å². The highest BCUT2D eigenvalue weighted by molar-refractivity contribution is 7.92. The molecule has 0 aromatic heterocycles. The van der Waals surface area contributed by atoms with Crippen molar-refractivity contribution >= 4 is 9.84 Å². The van der Waals surface area contributed by atoms with Gasteiger partial charge in [-0.05, 0) is 31.7 Å². The van der Waals surface area contributed by atoms with Gasteiger partial charge < -0.3 is 10.1 Å². The lowest BCUT2D eigenvalue weighted by Gasteiger charge is -2.21. The lowest BCUT2D eigenvalue weighted by molar-refractivity contribution is 0.216. The molecule has 0 radical (unpaired) electrons. The van der Waals surface area contributed by atoms with Gasteiger partial charge in [-0.15, -0.1) is 0 Å². The van der Waals surface area contributed by atoms with Gasteiger partial charge in [-0.1, -0.05) is 13.8 Å². The highest BCUT2D eigenvalue weighted by Crippen LogP contribution is 2.31. The van der Waals surface area contributed by atoms with Gasteiger partial charge in [0.05, 0.1) is 17.6 Å². The van der Waals surface area contributed by atoms with Gasteiger partial charge in [-0.2, -0.15) is 0 Å². The van der Waals surface area contributed by atoms with E-state index in [4.69, 9.17) is 4.74 Å². The Morgan fingerprint density at radius 1 is 1.35 bits per heavy atom. The first kappa shape index (κ1) is 14.9. The lowest BCUT2D eigenvalue weighted by atomic mass is 10.1. The molecule has 0 heterocycles. The van der Waals surface area contributed by atoms with E-state index in [9.17, 15) is 8.42 Å². The number of rotatable bonds is 7. The summed E-state index contributed by atoms with van der Waals surface area (Å²) in [6.07, 6.45) is 2.84. The second kappa shape index (κ2) is 6.71. The van der Waals surface area contributed by atoms with E-state index in [0.29, 0.717) is 12.6 Å². The van der Waals surface area contributed by atoms with Crippen molar-refractivity contribution in [1.82, 2.24) is 5.32 Å². The van der Waals surface area contributed by atoms with Crippen LogP contribution in [0.3, 0.4) is 0 Å². The average molecular weight is 263 g/mol. The predicted octanol–water partition coefficient (Wildman–Crippen LogP) is 1.21. The fourth-order valence-corrected chi connectivity index (χ4v) is 4.64. The van der Waals surface area contributed by atoms with Crippen LogP contribution in [0, 0.1) is 5.92 Å². The number of sulfone groups is 1. The van der Waals surface area contributed by atoms with Gasteiger partial charge >= 0.3 is 0 Å². The second-order valence-corrected chi connectivity index (χ2v) is 7.23. The van der Waals surface area contributed by atoms with Crippen LogP contribution in [0.15, 0.2) is 0 Å². The van der Waals surface area contributed by atoms with E-state index in [1.807, 2.05) is 0 Å². The fraction of sp³-hybridized carbons (Fsp3) is 1.00. The molecule has 1 rings (SSSR count). The van der Waals surface area contributed by atoms with E-state index in [1.54, 1.807) is 7.11 Å². The molecule has 0 saturated heterocycles. The summed E-state index contributed by atoms with van der Waals surface area (Å²) in [5.41, 5.74) is 0. The first-order chi connectivity index (χ1) is 8.03. The molecule has 3 unspecified atom stereocenters. The molecule has 0 aromatic carbocycles. The van der Waals surface area contributed by atoms with Crippen LogP contribution in [0.1, 0.15) is 33.1 Å². The summed E-state index contributed by atoms with van der Waals surface area (Å²) in [5, 5.41) is 3.26. The molecule has 4 nitrogen and oxygen atoms in total. The molecule has 17 heavy (non-hydrogen) atoms. The zero-order valence-electron chi connectivity index (χ0n) is 11.1. The van der Waals surface area contributed by atoms with Gasteiger partial charge in [0.1, 0.15) is 0 Å². The Balaban J connectivity index is 2.56. The normalized spacial score (nSPS) is 29.7. The van der Waals surface area contributed by atoms with Crippen LogP contribution in [-0.2, 0) is 14.6 Å². The van der Waals surface area contributed by atoms with Crippen molar-refractivity contribution < 1.29 is 13.2 Å². The van der Waals surface area contributed by atoms with Gasteiger partial charge in [-0.3, -0.25) is 0 Å². The Hall–Kier alpha value is -0.130. The Labute approximate surface area is 105 Å². The highest BCUT2D eigenvalue weighted by Gasteiger charge is 2.39. The van der Waals surface area contributed by atoms with Gasteiger partial charge in [0, 0.05) is 13.2 Å². The fourth-order valence-electron chi connectivity index (χ4n) is 2.60. The van der Waals surface area contributed by atoms with E-state index in [1.165, 1.54) is 0 Å². The largest absolute Gasteiger partial charge is 0.384 e. The van der Waals surface area contributed by atoms with Crippen LogP contribution in [0.5, 0.6) is 0 Å². The van der Waals surface area contributed by atoms with Crippen molar-refractivity contribution in [2.24, 2.45) is 5.92 Å². The molecule has 0 spiro atoms. The van der Waals surface area contributed by atoms with Gasteiger partial charge in [0.15, 0.2) is 9.84 Å². The first-order valence-electron chi connectivity index (χ1n) is 6.46. The van der Waals surface area contributed by atoms with Gasteiger partial charge in [0.25, 0.3) is 0 Å². The van der Waals surface area contributed by atoms with Crippen molar-refractivity contribution in [1.29, 1.82) is 0 Å². The van der Waals surface area contributed by atoms with Crippen LogP contribution >= 0.6 is 0 Å². The molecular formula is C12H25NO3S. The van der Waals surface area contributed by atoms with Crippen LogP contribution in [-0.4, -0.2) is 45.7 Å². The second-order valence-electron chi connectivity index (χ2n) is 4.90. The van der Waals surface area contributed by atoms with Crippen LogP contribution in [0.25, 0.3) is 0 Å². The minimum absolute atomic E-state index is 0.152. The number of nitrogens with one attached hydrogen (secondary N) is 1. The maximum absolute atomic E-state index is 12.1. The number of hydrogen-bond acceptors (Lipinski definition) is 4. The maximum Gasteiger partial charge on any atom is 0.155 e. The SMILES string of the molecule is CCCNC1CCC(S(=O)(=O)CCOC)C1C. The smallest absolute Gasteiger partial charge is 0.155 e. The standard InChI is InChI=1S/C12H25NO3S/c1-4-7-13-11-5-6-12(10(11)2)17(14,15)9-8-16-3/h10-13H,4-9H2,1-3H3. The van der Waals surface area contributed by atoms with Crippen LogP contribution in [0.2, 0.25) is 0 Å². The van der Waals surface area contributed by atoms with Crippen LogP contribution in [0.4, 0.5) is 0 Å². The molecule has 1 N–H and O–H groups in total. The maximum atomic E-state index is 12.1. The molecule has 1 aliphatic rings. The number of hydrogen-bond donors (Lipinski definition) is 1. The predicted molar refractivity (Wildman–Crippen MR) is 69.9 cm³/mol. The topological polar surface area (TPSA) is 55.4 Å². The third kappa shape index (κ3) is 3.93. The molecule has 1 saturated carbocycles. The molecule has 102 valence electrons. The Bertz CT molecular complexity index is 316. The minimum Gasteiger partial charge on any atom is -0.384 e. The van der Waals surface area contributed by atoms with E-state index < -0.39 is 9.84 Å². The summed E-state index contributed by atoms with van der Waals surface area (Å²) >= 11 is 0. The highest BCUT2D eigenvalue weighted by atomic mass is 32.2. The monoisotopic (exact) mass is 263 g/mol. The van der Waals surface area contributed by atoms with Gasteiger partial charge in [-0.25, -0.2) is 8.42 Å². The summed E-state index contributed by atoms with van der Waals surface area (Å²) in [4.78, 5) is 0. The molecule has 0 amide bonds. The minimum atomic E-state index is -2.99. The third-order valence-corrected chi connectivity index (χ3v) is 6.00. The van der Waals surface area contributed by atoms with Crippen molar-refractivity contribution in [3.8, 4) is 0 Å². The molecule has 1 fully saturated rings. The lowest BCUT2D eigenvalue weighted by Crippen LogP contribution is -2.37. The van der Waals surface area contributed by atoms with E-state index in [-0.39, 0.29) is 16.9 Å². The quantitative estimate of drug-likeness (QED) is 0.750. The molecule has 3 atom stereocenters. The Kier molecular flexibility index (Phi) is 5.89. The first-order valence-corrected chi connectivity index (χ1v) is 8.18. The average Bonchev–Trinajstić information content (AvgIpc) is 2.66. The van der Waals surface area contributed by atoms with Crippen molar-refractivity contribution in [3.05, 3.63) is 0 Å². The van der Waals surface area contributed by atoms with E-state index in [2.05, 4.69) is 19.2 Å². The summed E-state index contributed by atoms with van der Waals surface area (Å²) < 4.78 is 29.1. The molecular weight excluding hydrogens is 238 g/mol. The molecule has 0 aromatic rings. The van der Waals surface area contributed by atoms with Crippen molar-refractivity contribution in [2.45, 2.75) is 44.4 Å². The van der Waals surface area contributed by atoms with Crippen molar-refractivity contribution in [3.63, 3.8) is 0 Å². The molecule has 5 heteroatoms. The summed E-state index contributed by atoms with van der Waals surface area (Å²) in [7, 11) is -1.45. The number of methoxy groups -OCH3 is 1. The molecule has 1 aliphatic carbocycles. The third-order valence-electron chi connectivity index (χ3n) is 3.67. The molecule has 0 bridgehead atoms. The summed E-state index contributed by atoms with van der Waals surface area (Å²) in [6.45, 7) is 5.45. The zero-order valence-corrected chi connectivity index (χ0v) is 11.9. The summed E-state index contributed by atoms with van der Waals surface area (Å²) in [6, 6.07) is 0.359.